The van der Waals surface area contributed by atoms with Crippen LogP contribution in [0.25, 0.3) is 0 Å². The summed E-state index contributed by atoms with van der Waals surface area (Å²) in [7, 11) is 6.44. The number of amides is 2. The first-order valence-corrected chi connectivity index (χ1v) is 16.4. The van der Waals surface area contributed by atoms with Crippen LogP contribution in [0.3, 0.4) is 0 Å². The first-order valence-electron chi connectivity index (χ1n) is 16.4. The van der Waals surface area contributed by atoms with Gasteiger partial charge in [0.25, 0.3) is 0 Å². The summed E-state index contributed by atoms with van der Waals surface area (Å²) in [4.78, 5) is 45.6. The maximum atomic E-state index is 14.2. The predicted molar refractivity (Wildman–Crippen MR) is 172 cm³/mol. The zero-order valence-corrected chi connectivity index (χ0v) is 27.2. The Bertz CT molecular complexity index is 1370. The Balaban J connectivity index is 1.43. The van der Waals surface area contributed by atoms with E-state index in [1.165, 1.54) is 0 Å². The van der Waals surface area contributed by atoms with Crippen molar-refractivity contribution in [1.29, 1.82) is 0 Å². The Morgan fingerprint density at radius 1 is 1.07 bits per heavy atom. The van der Waals surface area contributed by atoms with Crippen LogP contribution < -0.4 is 14.4 Å². The second-order valence-electron chi connectivity index (χ2n) is 13.7. The van der Waals surface area contributed by atoms with E-state index in [0.717, 1.165) is 53.5 Å². The van der Waals surface area contributed by atoms with E-state index in [2.05, 4.69) is 45.1 Å². The minimum Gasteiger partial charge on any atom is -0.481 e. The number of hydrogen-bond acceptors (Lipinski definition) is 6. The third-order valence-corrected chi connectivity index (χ3v) is 9.23. The molecule has 2 saturated heterocycles. The number of carboxylic acids is 1. The quantitative estimate of drug-likeness (QED) is 0.333. The highest BCUT2D eigenvalue weighted by molar-refractivity contribution is 5.95. The Morgan fingerprint density at radius 3 is 2.60 bits per heavy atom. The molecule has 3 aliphatic heterocycles. The largest absolute Gasteiger partial charge is 0.481 e. The lowest BCUT2D eigenvalue weighted by Gasteiger charge is -2.33. The minimum atomic E-state index is -0.890. The van der Waals surface area contributed by atoms with Crippen LogP contribution in [0.4, 0.5) is 5.69 Å². The molecule has 0 aliphatic carbocycles. The Hall–Kier alpha value is -3.63. The molecule has 10 heteroatoms. The highest BCUT2D eigenvalue weighted by Crippen LogP contribution is 2.43. The van der Waals surface area contributed by atoms with Crippen LogP contribution in [-0.2, 0) is 20.9 Å². The summed E-state index contributed by atoms with van der Waals surface area (Å²) in [6.07, 6.45) is 4.70. The lowest BCUT2D eigenvalue weighted by Crippen LogP contribution is -2.46. The molecule has 45 heavy (non-hydrogen) atoms. The van der Waals surface area contributed by atoms with Crippen LogP contribution in [0.2, 0.25) is 0 Å². The molecule has 5 rings (SSSR count). The fourth-order valence-corrected chi connectivity index (χ4v) is 7.06. The van der Waals surface area contributed by atoms with Gasteiger partial charge in [-0.05, 0) is 55.5 Å². The van der Waals surface area contributed by atoms with Gasteiger partial charge in [-0.1, -0.05) is 31.5 Å². The minimum absolute atomic E-state index is 0.0413. The number of ether oxygens (including phenoxy) is 2. The molecule has 2 aromatic carbocycles. The summed E-state index contributed by atoms with van der Waals surface area (Å²) in [5.74, 6) is -0.630. The smallest absolute Gasteiger partial charge is 0.308 e. The number of hydrogen-bond donors (Lipinski definition) is 1. The number of carboxylic acid groups (broad SMARTS) is 1. The fourth-order valence-electron chi connectivity index (χ4n) is 7.06. The van der Waals surface area contributed by atoms with Gasteiger partial charge in [0.1, 0.15) is 6.54 Å². The van der Waals surface area contributed by atoms with Gasteiger partial charge in [-0.3, -0.25) is 19.3 Å². The van der Waals surface area contributed by atoms with Crippen molar-refractivity contribution in [2.24, 2.45) is 5.92 Å². The van der Waals surface area contributed by atoms with E-state index in [9.17, 15) is 19.5 Å². The van der Waals surface area contributed by atoms with Crippen molar-refractivity contribution in [3.8, 4) is 11.5 Å². The van der Waals surface area contributed by atoms with E-state index in [-0.39, 0.29) is 31.1 Å². The predicted octanol–water partition coefficient (Wildman–Crippen LogP) is 4.33. The van der Waals surface area contributed by atoms with Crippen molar-refractivity contribution in [3.05, 3.63) is 53.6 Å². The SMILES string of the molecule is CCCCN(C(=O)CN1CC(c2ccc3c(c2)OCO3)C(C(=O)O)C1CCN1CCCCC1=O)c1cccc(C[N+](C)(C)C)c1. The van der Waals surface area contributed by atoms with Gasteiger partial charge < -0.3 is 28.9 Å². The molecule has 0 radical (unpaired) electrons. The molecule has 2 fully saturated rings. The molecule has 0 saturated carbocycles. The second kappa shape index (κ2) is 14.2. The second-order valence-corrected chi connectivity index (χ2v) is 13.7. The van der Waals surface area contributed by atoms with Crippen LogP contribution in [0.1, 0.15) is 62.5 Å². The maximum Gasteiger partial charge on any atom is 0.308 e. The normalized spacial score (nSPS) is 21.7. The monoisotopic (exact) mass is 621 g/mol. The lowest BCUT2D eigenvalue weighted by molar-refractivity contribution is -0.884. The van der Waals surface area contributed by atoms with Gasteiger partial charge in [0.05, 0.1) is 33.6 Å². The first kappa shape index (κ1) is 32.8. The molecule has 0 spiro atoms. The van der Waals surface area contributed by atoms with Crippen molar-refractivity contribution in [1.82, 2.24) is 9.80 Å². The molecular formula is C35H49N4O6+. The van der Waals surface area contributed by atoms with Crippen LogP contribution >= 0.6 is 0 Å². The molecule has 10 nitrogen and oxygen atoms in total. The van der Waals surface area contributed by atoms with Crippen molar-refractivity contribution in [2.75, 3.05) is 65.6 Å². The number of likely N-dealkylation sites (tertiary alicyclic amines) is 2. The number of rotatable bonds is 13. The number of carbonyl (C=O) groups excluding carboxylic acids is 2. The number of aliphatic carboxylic acids is 1. The summed E-state index contributed by atoms with van der Waals surface area (Å²) >= 11 is 0. The molecule has 3 unspecified atom stereocenters. The van der Waals surface area contributed by atoms with Gasteiger partial charge in [0.15, 0.2) is 11.5 Å². The topological polar surface area (TPSA) is 99.6 Å². The average Bonchev–Trinajstić information content (AvgIpc) is 3.60. The fraction of sp³-hybridized carbons (Fsp3) is 0.571. The number of unbranched alkanes of at least 4 members (excludes halogenated alkanes) is 1. The number of fused-ring (bicyclic) bond motifs is 1. The van der Waals surface area contributed by atoms with Gasteiger partial charge in [-0.25, -0.2) is 0 Å². The van der Waals surface area contributed by atoms with Crippen LogP contribution in [-0.4, -0.2) is 104 Å². The van der Waals surface area contributed by atoms with E-state index in [1.807, 2.05) is 40.1 Å². The highest BCUT2D eigenvalue weighted by atomic mass is 16.7. The van der Waals surface area contributed by atoms with Gasteiger partial charge >= 0.3 is 5.97 Å². The molecular weight excluding hydrogens is 572 g/mol. The molecule has 0 aromatic heterocycles. The molecule has 3 atom stereocenters. The van der Waals surface area contributed by atoms with Crippen molar-refractivity contribution in [3.63, 3.8) is 0 Å². The number of anilines is 1. The van der Waals surface area contributed by atoms with Gasteiger partial charge in [-0.15, -0.1) is 0 Å². The maximum absolute atomic E-state index is 14.2. The summed E-state index contributed by atoms with van der Waals surface area (Å²) in [6, 6.07) is 13.4. The number of piperidine rings is 1. The van der Waals surface area contributed by atoms with Gasteiger partial charge in [0.2, 0.25) is 18.6 Å². The number of nitrogens with zero attached hydrogens (tertiary/aromatic N) is 4. The van der Waals surface area contributed by atoms with Gasteiger partial charge in [0, 0.05) is 55.8 Å². The number of carbonyl (C=O) groups is 3. The molecule has 2 amide bonds. The molecule has 3 aliphatic rings. The average molecular weight is 622 g/mol. The third-order valence-electron chi connectivity index (χ3n) is 9.23. The van der Waals surface area contributed by atoms with Crippen LogP contribution in [0.5, 0.6) is 11.5 Å². The molecule has 0 bridgehead atoms. The Kier molecular flexibility index (Phi) is 10.3. The Morgan fingerprint density at radius 2 is 1.87 bits per heavy atom. The summed E-state index contributed by atoms with van der Waals surface area (Å²) in [5, 5.41) is 10.6. The molecule has 2 aromatic rings. The van der Waals surface area contributed by atoms with Crippen LogP contribution in [0, 0.1) is 5.92 Å². The van der Waals surface area contributed by atoms with E-state index in [0.29, 0.717) is 50.5 Å². The molecule has 244 valence electrons. The van der Waals surface area contributed by atoms with Crippen molar-refractivity contribution in [2.45, 2.75) is 64.0 Å². The summed E-state index contributed by atoms with van der Waals surface area (Å²) < 4.78 is 11.9. The van der Waals surface area contributed by atoms with E-state index >= 15 is 0 Å². The zero-order chi connectivity index (χ0) is 32.1. The zero-order valence-electron chi connectivity index (χ0n) is 27.2. The number of quaternary nitrogens is 1. The number of benzene rings is 2. The van der Waals surface area contributed by atoms with E-state index in [1.54, 1.807) is 0 Å². The highest BCUT2D eigenvalue weighted by Gasteiger charge is 2.47. The van der Waals surface area contributed by atoms with Crippen LogP contribution in [0.15, 0.2) is 42.5 Å². The molecule has 1 N–H and O–H groups in total. The van der Waals surface area contributed by atoms with E-state index < -0.39 is 17.9 Å². The molecule has 3 heterocycles. The summed E-state index contributed by atoms with van der Waals surface area (Å²) in [5.41, 5.74) is 2.89. The standard InChI is InChI=1S/C35H48N4O6/c1-5-6-17-38(27-11-9-10-25(19-27)23-39(2,3)4)33(41)22-37-21-28(26-13-14-30-31(20-26)45-24-44-30)34(35(42)43)29(37)15-18-36-16-8-7-12-32(36)40/h9-11,13-14,19-20,28-29,34H,5-8,12,15-18,21-24H2,1-4H3/p+1. The summed E-state index contributed by atoms with van der Waals surface area (Å²) in [6.45, 7) is 5.39. The third kappa shape index (κ3) is 7.97. The van der Waals surface area contributed by atoms with Crippen molar-refractivity contribution < 1.29 is 33.4 Å². The van der Waals surface area contributed by atoms with Crippen molar-refractivity contribution >= 4 is 23.5 Å². The Labute approximate surface area is 267 Å². The van der Waals surface area contributed by atoms with Gasteiger partial charge in [-0.2, -0.15) is 0 Å². The first-order chi connectivity index (χ1) is 21.5. The van der Waals surface area contributed by atoms with E-state index in [4.69, 9.17) is 9.47 Å². The lowest BCUT2D eigenvalue weighted by atomic mass is 9.84.